The number of rotatable bonds is 13. The summed E-state index contributed by atoms with van der Waals surface area (Å²) in [6.45, 7) is 12.2. The Hall–Kier alpha value is -1.76. The normalized spacial score (nSPS) is 29.2. The lowest BCUT2D eigenvalue weighted by Gasteiger charge is -2.41. The van der Waals surface area contributed by atoms with Gasteiger partial charge in [-0.2, -0.15) is 13.2 Å². The maximum absolute atomic E-state index is 13.1. The Morgan fingerprint density at radius 3 is 2.24 bits per heavy atom. The van der Waals surface area contributed by atoms with Crippen molar-refractivity contribution in [2.75, 3.05) is 19.8 Å². The number of alkyl halides is 3. The second-order valence-electron chi connectivity index (χ2n) is 13.9. The summed E-state index contributed by atoms with van der Waals surface area (Å²) in [5.41, 5.74) is -0.744. The minimum atomic E-state index is -4.43. The van der Waals surface area contributed by atoms with Gasteiger partial charge in [0.05, 0.1) is 24.4 Å². The molecule has 1 aliphatic carbocycles. The summed E-state index contributed by atoms with van der Waals surface area (Å²) in [4.78, 5) is 12.8. The highest BCUT2D eigenvalue weighted by molar-refractivity contribution is 6.74. The van der Waals surface area contributed by atoms with Crippen LogP contribution in [0.25, 0.3) is 0 Å². The molecular weight excluding hydrogens is 605 g/mol. The quantitative estimate of drug-likeness (QED) is 0.0920. The third-order valence-electron chi connectivity index (χ3n) is 9.50. The fraction of sp³-hybridized carbons (Fsp3) is 0.735. The van der Waals surface area contributed by atoms with Crippen molar-refractivity contribution in [1.29, 1.82) is 0 Å². The van der Waals surface area contributed by atoms with E-state index in [1.807, 2.05) is 6.08 Å². The number of carbonyl (C=O) groups is 1. The number of benzene rings is 1. The Labute approximate surface area is 267 Å². The molecule has 2 heterocycles. The van der Waals surface area contributed by atoms with Gasteiger partial charge in [-0.05, 0) is 93.6 Å². The van der Waals surface area contributed by atoms with Crippen molar-refractivity contribution in [3.63, 3.8) is 0 Å². The fourth-order valence-corrected chi connectivity index (χ4v) is 7.25. The molecule has 254 valence electrons. The first-order chi connectivity index (χ1) is 21.3. The molecule has 3 aliphatic rings. The zero-order valence-electron chi connectivity index (χ0n) is 27.4. The minimum Gasteiger partial charge on any atom is -0.493 e. The van der Waals surface area contributed by atoms with Crippen molar-refractivity contribution < 1.29 is 46.1 Å². The zero-order valence-corrected chi connectivity index (χ0v) is 28.4. The van der Waals surface area contributed by atoms with E-state index in [4.69, 9.17) is 28.1 Å². The first kappa shape index (κ1) is 36.1. The van der Waals surface area contributed by atoms with Gasteiger partial charge < -0.3 is 32.9 Å². The molecule has 11 heteroatoms. The molecular formula is C34H51F3O7Si. The summed E-state index contributed by atoms with van der Waals surface area (Å²) in [5.74, 6) is -0.264. The summed E-state index contributed by atoms with van der Waals surface area (Å²) in [5, 5.41) is -0.104. The van der Waals surface area contributed by atoms with Crippen LogP contribution in [0.5, 0.6) is 5.75 Å². The van der Waals surface area contributed by atoms with E-state index in [0.717, 1.165) is 56.9 Å². The maximum atomic E-state index is 13.1. The smallest absolute Gasteiger partial charge is 0.416 e. The molecule has 0 bridgehead atoms. The summed E-state index contributed by atoms with van der Waals surface area (Å²) in [7, 11) is -2.34. The number of hydrogen-bond acceptors (Lipinski definition) is 7. The Morgan fingerprint density at radius 1 is 1.00 bits per heavy atom. The average molecular weight is 657 g/mol. The van der Waals surface area contributed by atoms with E-state index in [9.17, 15) is 18.0 Å². The predicted molar refractivity (Wildman–Crippen MR) is 167 cm³/mol. The van der Waals surface area contributed by atoms with E-state index in [2.05, 4.69) is 39.9 Å². The van der Waals surface area contributed by atoms with Gasteiger partial charge in [-0.3, -0.25) is 0 Å². The standard InChI is InChI=1S/C34H51F3O7Si/c1-33(2,3)45(4,5)44-28(23-38)31-24(13-6-9-18-39-26-15-12-14-25(22-26)34(35,36)37)21-27(42-29-16-7-10-19-40-29)32(31)43-30-17-8-11-20-41-30/h6,12-15,22-24,27-32H,7-11,16-21H2,1-5H3/b13-6+/t24-,27+,28-,29?,30?,31+,32-/m1/s1. The molecule has 1 aromatic carbocycles. The van der Waals surface area contributed by atoms with Gasteiger partial charge in [-0.1, -0.05) is 39.0 Å². The van der Waals surface area contributed by atoms with E-state index in [1.165, 1.54) is 12.1 Å². The van der Waals surface area contributed by atoms with Crippen molar-refractivity contribution in [2.24, 2.45) is 11.8 Å². The molecule has 4 rings (SSSR count). The van der Waals surface area contributed by atoms with E-state index in [0.29, 0.717) is 26.1 Å². The van der Waals surface area contributed by atoms with Crippen LogP contribution in [0.4, 0.5) is 13.2 Å². The molecule has 0 N–H and O–H groups in total. The lowest BCUT2D eigenvalue weighted by Crippen LogP contribution is -2.50. The van der Waals surface area contributed by atoms with Gasteiger partial charge in [0.15, 0.2) is 20.9 Å². The van der Waals surface area contributed by atoms with E-state index < -0.39 is 32.3 Å². The molecule has 1 saturated carbocycles. The Bertz CT molecular complexity index is 1090. The Balaban J connectivity index is 1.54. The average Bonchev–Trinajstić information content (AvgIpc) is 3.31. The predicted octanol–water partition coefficient (Wildman–Crippen LogP) is 8.08. The molecule has 2 aliphatic heterocycles. The van der Waals surface area contributed by atoms with Gasteiger partial charge in [-0.25, -0.2) is 0 Å². The molecule has 0 aromatic heterocycles. The number of halogens is 3. The molecule has 0 amide bonds. The van der Waals surface area contributed by atoms with Crippen LogP contribution in [0, 0.1) is 11.8 Å². The van der Waals surface area contributed by atoms with Crippen LogP contribution in [-0.2, 0) is 34.3 Å². The molecule has 7 atom stereocenters. The highest BCUT2D eigenvalue weighted by Gasteiger charge is 2.52. The van der Waals surface area contributed by atoms with Crippen LogP contribution < -0.4 is 4.74 Å². The number of aldehydes is 1. The van der Waals surface area contributed by atoms with Crippen LogP contribution in [0.3, 0.4) is 0 Å². The van der Waals surface area contributed by atoms with Gasteiger partial charge in [0.1, 0.15) is 18.1 Å². The molecule has 3 fully saturated rings. The zero-order chi connectivity index (χ0) is 32.7. The topological polar surface area (TPSA) is 72.5 Å². The van der Waals surface area contributed by atoms with Gasteiger partial charge in [0.25, 0.3) is 0 Å². The summed E-state index contributed by atoms with van der Waals surface area (Å²) in [6, 6.07) is 4.89. The maximum Gasteiger partial charge on any atom is 0.416 e. The molecule has 0 spiro atoms. The Morgan fingerprint density at radius 2 is 1.67 bits per heavy atom. The van der Waals surface area contributed by atoms with Crippen molar-refractivity contribution in [2.45, 2.75) is 127 Å². The second kappa shape index (κ2) is 15.9. The fourth-order valence-electron chi connectivity index (χ4n) is 6.00. The third-order valence-corrected chi connectivity index (χ3v) is 14.0. The third kappa shape index (κ3) is 10.1. The summed E-state index contributed by atoms with van der Waals surface area (Å²) in [6.07, 6.45) is 5.01. The SMILES string of the molecule is CC(C)(C)[Si](C)(C)O[C@H](C=O)[C@H]1[C@H](OC2CCCCO2)[C@@H](OC2CCCCO2)C[C@H]1/C=C/CCOc1cccc(C(F)(F)F)c1. The lowest BCUT2D eigenvalue weighted by atomic mass is 9.89. The van der Waals surface area contributed by atoms with Crippen molar-refractivity contribution in [1.82, 2.24) is 0 Å². The largest absolute Gasteiger partial charge is 0.493 e. The van der Waals surface area contributed by atoms with Gasteiger partial charge in [0, 0.05) is 19.1 Å². The number of hydrogen-bond donors (Lipinski definition) is 0. The molecule has 7 nitrogen and oxygen atoms in total. The lowest BCUT2D eigenvalue weighted by molar-refractivity contribution is -0.250. The summed E-state index contributed by atoms with van der Waals surface area (Å²) < 4.78 is 76.9. The second-order valence-corrected chi connectivity index (χ2v) is 18.7. The molecule has 0 radical (unpaired) electrons. The first-order valence-electron chi connectivity index (χ1n) is 16.4. The van der Waals surface area contributed by atoms with Crippen molar-refractivity contribution in [3.05, 3.63) is 42.0 Å². The number of allylic oxidation sites excluding steroid dienone is 1. The first-order valence-corrected chi connectivity index (χ1v) is 19.3. The highest BCUT2D eigenvalue weighted by atomic mass is 28.4. The van der Waals surface area contributed by atoms with Crippen molar-refractivity contribution in [3.8, 4) is 5.75 Å². The van der Waals surface area contributed by atoms with Gasteiger partial charge in [-0.15, -0.1) is 0 Å². The number of carbonyl (C=O) groups excluding carboxylic acids is 1. The monoisotopic (exact) mass is 656 g/mol. The van der Waals surface area contributed by atoms with Crippen LogP contribution >= 0.6 is 0 Å². The summed E-state index contributed by atoms with van der Waals surface area (Å²) >= 11 is 0. The van der Waals surface area contributed by atoms with Crippen LogP contribution in [0.1, 0.15) is 77.7 Å². The minimum absolute atomic E-state index is 0.104. The number of ether oxygens (including phenoxy) is 5. The van der Waals surface area contributed by atoms with Crippen LogP contribution in [0.2, 0.25) is 18.1 Å². The van der Waals surface area contributed by atoms with E-state index in [-0.39, 0.29) is 47.9 Å². The molecule has 2 saturated heterocycles. The van der Waals surface area contributed by atoms with Gasteiger partial charge in [0.2, 0.25) is 0 Å². The van der Waals surface area contributed by atoms with Gasteiger partial charge >= 0.3 is 6.18 Å². The van der Waals surface area contributed by atoms with E-state index >= 15 is 0 Å². The highest BCUT2D eigenvalue weighted by Crippen LogP contribution is 2.45. The molecule has 45 heavy (non-hydrogen) atoms. The molecule has 1 aromatic rings. The van der Waals surface area contributed by atoms with Crippen LogP contribution in [0.15, 0.2) is 36.4 Å². The van der Waals surface area contributed by atoms with Crippen molar-refractivity contribution >= 4 is 14.6 Å². The van der Waals surface area contributed by atoms with Crippen LogP contribution in [-0.4, -0.2) is 65.3 Å². The van der Waals surface area contributed by atoms with E-state index in [1.54, 1.807) is 0 Å². The molecule has 2 unspecified atom stereocenters. The Kier molecular flexibility index (Phi) is 12.7.